The Balaban J connectivity index is 2.33. The van der Waals surface area contributed by atoms with Gasteiger partial charge in [-0.15, -0.1) is 0 Å². The SMILES string of the molecule is Cc1c(Br)cccc1C(=O)Nc1cc(Br)c(F)cc1F. The molecule has 20 heavy (non-hydrogen) atoms. The highest BCUT2D eigenvalue weighted by Gasteiger charge is 2.14. The number of nitrogens with one attached hydrogen (secondary N) is 1. The molecule has 104 valence electrons. The van der Waals surface area contributed by atoms with Crippen LogP contribution in [-0.4, -0.2) is 5.91 Å². The van der Waals surface area contributed by atoms with Crippen molar-refractivity contribution in [2.24, 2.45) is 0 Å². The predicted octanol–water partition coefficient (Wildman–Crippen LogP) is 5.05. The lowest BCUT2D eigenvalue weighted by Crippen LogP contribution is -2.14. The fourth-order valence-electron chi connectivity index (χ4n) is 1.66. The van der Waals surface area contributed by atoms with E-state index in [1.165, 1.54) is 6.07 Å². The summed E-state index contributed by atoms with van der Waals surface area (Å²) in [6, 6.07) is 7.05. The van der Waals surface area contributed by atoms with E-state index < -0.39 is 17.5 Å². The van der Waals surface area contributed by atoms with E-state index in [1.807, 2.05) is 0 Å². The van der Waals surface area contributed by atoms with Crippen LogP contribution in [-0.2, 0) is 0 Å². The van der Waals surface area contributed by atoms with Gasteiger partial charge in [-0.25, -0.2) is 8.78 Å². The molecule has 0 aliphatic carbocycles. The number of carbonyl (C=O) groups excluding carboxylic acids is 1. The number of hydrogen-bond donors (Lipinski definition) is 1. The first kappa shape index (κ1) is 15.1. The zero-order valence-corrected chi connectivity index (χ0v) is 13.5. The molecule has 0 atom stereocenters. The van der Waals surface area contributed by atoms with Gasteiger partial charge in [0, 0.05) is 16.1 Å². The van der Waals surface area contributed by atoms with Crippen LogP contribution in [0.3, 0.4) is 0 Å². The summed E-state index contributed by atoms with van der Waals surface area (Å²) in [7, 11) is 0. The Morgan fingerprint density at radius 2 is 1.80 bits per heavy atom. The average molecular weight is 405 g/mol. The number of benzene rings is 2. The normalized spacial score (nSPS) is 10.4. The largest absolute Gasteiger partial charge is 0.319 e. The van der Waals surface area contributed by atoms with Crippen molar-refractivity contribution < 1.29 is 13.6 Å². The van der Waals surface area contributed by atoms with E-state index in [1.54, 1.807) is 25.1 Å². The number of amides is 1. The molecule has 0 aromatic heterocycles. The maximum Gasteiger partial charge on any atom is 0.256 e. The summed E-state index contributed by atoms with van der Waals surface area (Å²) in [4.78, 5) is 12.1. The molecular weight excluding hydrogens is 396 g/mol. The summed E-state index contributed by atoms with van der Waals surface area (Å²) in [6.45, 7) is 1.77. The van der Waals surface area contributed by atoms with Crippen molar-refractivity contribution >= 4 is 43.5 Å². The van der Waals surface area contributed by atoms with Crippen molar-refractivity contribution in [3.05, 3.63) is 62.0 Å². The molecule has 0 radical (unpaired) electrons. The summed E-state index contributed by atoms with van der Waals surface area (Å²) in [5.41, 5.74) is 1.08. The highest BCUT2D eigenvalue weighted by atomic mass is 79.9. The van der Waals surface area contributed by atoms with Gasteiger partial charge in [0.1, 0.15) is 11.6 Å². The molecule has 0 unspecified atom stereocenters. The van der Waals surface area contributed by atoms with Gasteiger partial charge in [-0.2, -0.15) is 0 Å². The number of halogens is 4. The minimum atomic E-state index is -0.827. The van der Waals surface area contributed by atoms with Crippen LogP contribution in [0.1, 0.15) is 15.9 Å². The van der Waals surface area contributed by atoms with Crippen molar-refractivity contribution in [3.63, 3.8) is 0 Å². The summed E-state index contributed by atoms with van der Waals surface area (Å²) in [5.74, 6) is -2.01. The maximum absolute atomic E-state index is 13.6. The molecule has 0 spiro atoms. The maximum atomic E-state index is 13.6. The van der Waals surface area contributed by atoms with Crippen LogP contribution in [0.5, 0.6) is 0 Å². The summed E-state index contributed by atoms with van der Waals surface area (Å²) >= 11 is 6.28. The quantitative estimate of drug-likeness (QED) is 0.697. The van der Waals surface area contributed by atoms with E-state index in [0.29, 0.717) is 11.6 Å². The lowest BCUT2D eigenvalue weighted by molar-refractivity contribution is 0.102. The third kappa shape index (κ3) is 3.07. The molecule has 0 saturated carbocycles. The lowest BCUT2D eigenvalue weighted by atomic mass is 10.1. The van der Waals surface area contributed by atoms with Gasteiger partial charge in [0.15, 0.2) is 0 Å². The Morgan fingerprint density at radius 1 is 1.10 bits per heavy atom. The molecule has 2 aromatic rings. The van der Waals surface area contributed by atoms with Crippen LogP contribution < -0.4 is 5.32 Å². The molecule has 1 amide bonds. The summed E-state index contributed by atoms with van der Waals surface area (Å²) < 4.78 is 27.6. The van der Waals surface area contributed by atoms with Crippen LogP contribution in [0.15, 0.2) is 39.3 Å². The van der Waals surface area contributed by atoms with E-state index in [0.717, 1.165) is 10.0 Å². The average Bonchev–Trinajstić information content (AvgIpc) is 2.39. The standard InChI is InChI=1S/C14H9Br2F2NO/c1-7-8(3-2-4-9(7)15)14(20)19-13-5-10(16)11(17)6-12(13)18/h2-6H,1H3,(H,19,20). The van der Waals surface area contributed by atoms with Crippen LogP contribution in [0, 0.1) is 18.6 Å². The van der Waals surface area contributed by atoms with E-state index in [2.05, 4.69) is 37.2 Å². The van der Waals surface area contributed by atoms with Gasteiger partial charge in [0.05, 0.1) is 10.2 Å². The van der Waals surface area contributed by atoms with Crippen molar-refractivity contribution in [1.82, 2.24) is 0 Å². The summed E-state index contributed by atoms with van der Waals surface area (Å²) in [6.07, 6.45) is 0. The number of anilines is 1. The third-order valence-electron chi connectivity index (χ3n) is 2.77. The minimum absolute atomic E-state index is 0.0809. The molecular formula is C14H9Br2F2NO. The van der Waals surface area contributed by atoms with E-state index >= 15 is 0 Å². The molecule has 2 rings (SSSR count). The predicted molar refractivity (Wildman–Crippen MR) is 80.9 cm³/mol. The molecule has 0 saturated heterocycles. The molecule has 2 nitrogen and oxygen atoms in total. The first-order valence-corrected chi connectivity index (χ1v) is 7.19. The molecule has 0 bridgehead atoms. The molecule has 2 aromatic carbocycles. The highest BCUT2D eigenvalue weighted by Crippen LogP contribution is 2.25. The highest BCUT2D eigenvalue weighted by molar-refractivity contribution is 9.10. The number of carbonyl (C=O) groups is 1. The second-order valence-corrected chi connectivity index (χ2v) is 5.82. The topological polar surface area (TPSA) is 29.1 Å². The first-order valence-electron chi connectivity index (χ1n) is 5.61. The summed E-state index contributed by atoms with van der Waals surface area (Å²) in [5, 5.41) is 2.43. The fourth-order valence-corrected chi connectivity index (χ4v) is 2.37. The molecule has 0 aliphatic heterocycles. The number of hydrogen-bond acceptors (Lipinski definition) is 1. The van der Waals surface area contributed by atoms with Crippen LogP contribution in [0.4, 0.5) is 14.5 Å². The monoisotopic (exact) mass is 403 g/mol. The van der Waals surface area contributed by atoms with Gasteiger partial charge < -0.3 is 5.32 Å². The van der Waals surface area contributed by atoms with Crippen molar-refractivity contribution in [1.29, 1.82) is 0 Å². The Bertz CT molecular complexity index is 689. The lowest BCUT2D eigenvalue weighted by Gasteiger charge is -2.10. The van der Waals surface area contributed by atoms with Gasteiger partial charge in [-0.1, -0.05) is 22.0 Å². The molecule has 0 aliphatic rings. The van der Waals surface area contributed by atoms with E-state index in [-0.39, 0.29) is 10.2 Å². The van der Waals surface area contributed by atoms with Crippen LogP contribution >= 0.6 is 31.9 Å². The van der Waals surface area contributed by atoms with Gasteiger partial charge in [-0.05, 0) is 46.6 Å². The van der Waals surface area contributed by atoms with Crippen LogP contribution in [0.25, 0.3) is 0 Å². The Labute approximate surface area is 131 Å². The molecule has 0 heterocycles. The van der Waals surface area contributed by atoms with E-state index in [9.17, 15) is 13.6 Å². The molecule has 1 N–H and O–H groups in total. The van der Waals surface area contributed by atoms with E-state index in [4.69, 9.17) is 0 Å². The van der Waals surface area contributed by atoms with Crippen molar-refractivity contribution in [3.8, 4) is 0 Å². The molecule has 6 heteroatoms. The van der Waals surface area contributed by atoms with Gasteiger partial charge in [0.25, 0.3) is 5.91 Å². The second-order valence-electron chi connectivity index (χ2n) is 4.11. The second kappa shape index (κ2) is 6.01. The zero-order valence-electron chi connectivity index (χ0n) is 10.3. The Morgan fingerprint density at radius 3 is 2.50 bits per heavy atom. The van der Waals surface area contributed by atoms with Crippen molar-refractivity contribution in [2.45, 2.75) is 6.92 Å². The Kier molecular flexibility index (Phi) is 4.55. The zero-order chi connectivity index (χ0) is 14.9. The Hall–Kier alpha value is -1.27. The van der Waals surface area contributed by atoms with Gasteiger partial charge in [0.2, 0.25) is 0 Å². The van der Waals surface area contributed by atoms with Crippen molar-refractivity contribution in [2.75, 3.05) is 5.32 Å². The van der Waals surface area contributed by atoms with Gasteiger partial charge in [-0.3, -0.25) is 4.79 Å². The van der Waals surface area contributed by atoms with Gasteiger partial charge >= 0.3 is 0 Å². The minimum Gasteiger partial charge on any atom is -0.319 e. The number of rotatable bonds is 2. The fraction of sp³-hybridized carbons (Fsp3) is 0.0714. The third-order valence-corrected chi connectivity index (χ3v) is 4.24. The smallest absolute Gasteiger partial charge is 0.256 e. The first-order chi connectivity index (χ1) is 9.40. The van der Waals surface area contributed by atoms with Crippen LogP contribution in [0.2, 0.25) is 0 Å². The molecule has 0 fully saturated rings.